The van der Waals surface area contributed by atoms with E-state index in [1.54, 1.807) is 16.2 Å². The van der Waals surface area contributed by atoms with E-state index in [1.165, 1.54) is 33.5 Å². The van der Waals surface area contributed by atoms with Crippen molar-refractivity contribution in [3.05, 3.63) is 39.2 Å². The fraction of sp³-hybridized carbons (Fsp3) is 0.368. The van der Waals surface area contributed by atoms with E-state index in [9.17, 15) is 4.79 Å². The molecule has 1 aliphatic rings. The van der Waals surface area contributed by atoms with Crippen LogP contribution in [0.25, 0.3) is 20.7 Å². The molecular formula is C19H20N2OS2. The van der Waals surface area contributed by atoms with Gasteiger partial charge < -0.3 is 4.90 Å². The van der Waals surface area contributed by atoms with E-state index in [-0.39, 0.29) is 5.91 Å². The summed E-state index contributed by atoms with van der Waals surface area (Å²) in [5, 5.41) is 3.31. The van der Waals surface area contributed by atoms with Crippen molar-refractivity contribution in [2.24, 2.45) is 0 Å². The molecule has 4 rings (SSSR count). The van der Waals surface area contributed by atoms with Crippen LogP contribution in [0.5, 0.6) is 0 Å². The lowest BCUT2D eigenvalue weighted by Gasteiger charge is -2.18. The molecule has 1 aliphatic carbocycles. The van der Waals surface area contributed by atoms with Gasteiger partial charge in [0.25, 0.3) is 5.91 Å². The van der Waals surface area contributed by atoms with Gasteiger partial charge in [-0.3, -0.25) is 4.79 Å². The van der Waals surface area contributed by atoms with Crippen LogP contribution < -0.4 is 0 Å². The van der Waals surface area contributed by atoms with E-state index in [0.29, 0.717) is 0 Å². The SMILES string of the molecule is Cc1nc2sc3c(c2c(-c2cccs2)c1C(=O)N(C)C)CCCC3. The lowest BCUT2D eigenvalue weighted by atomic mass is 9.92. The highest BCUT2D eigenvalue weighted by Gasteiger charge is 2.27. The first kappa shape index (κ1) is 15.8. The Kier molecular flexibility index (Phi) is 3.93. The van der Waals surface area contributed by atoms with Gasteiger partial charge in [-0.25, -0.2) is 4.98 Å². The number of aromatic nitrogens is 1. The first-order valence-corrected chi connectivity index (χ1v) is 9.98. The lowest BCUT2D eigenvalue weighted by molar-refractivity contribution is 0.0827. The summed E-state index contributed by atoms with van der Waals surface area (Å²) in [5.41, 5.74) is 4.14. The van der Waals surface area contributed by atoms with Crippen molar-refractivity contribution in [1.29, 1.82) is 0 Å². The van der Waals surface area contributed by atoms with Crippen LogP contribution in [0.3, 0.4) is 0 Å². The number of carbonyl (C=O) groups is 1. The molecule has 3 nitrogen and oxygen atoms in total. The molecule has 0 N–H and O–H groups in total. The fourth-order valence-electron chi connectivity index (χ4n) is 3.55. The highest BCUT2D eigenvalue weighted by atomic mass is 32.1. The molecule has 0 saturated carbocycles. The Balaban J connectivity index is 2.13. The zero-order chi connectivity index (χ0) is 16.8. The number of hydrogen-bond acceptors (Lipinski definition) is 4. The van der Waals surface area contributed by atoms with E-state index in [4.69, 9.17) is 4.98 Å². The minimum absolute atomic E-state index is 0.0426. The molecule has 0 radical (unpaired) electrons. The Morgan fingerprint density at radius 3 is 2.75 bits per heavy atom. The highest BCUT2D eigenvalue weighted by Crippen LogP contribution is 2.44. The van der Waals surface area contributed by atoms with Gasteiger partial charge in [-0.15, -0.1) is 22.7 Å². The van der Waals surface area contributed by atoms with Crippen molar-refractivity contribution >= 4 is 38.8 Å². The summed E-state index contributed by atoms with van der Waals surface area (Å²) in [4.78, 5) is 23.1. The molecular weight excluding hydrogens is 336 g/mol. The molecule has 0 aromatic carbocycles. The van der Waals surface area contributed by atoms with Crippen LogP contribution in [0.4, 0.5) is 0 Å². The van der Waals surface area contributed by atoms with E-state index in [2.05, 4.69) is 17.5 Å². The quantitative estimate of drug-likeness (QED) is 0.653. The minimum atomic E-state index is 0.0426. The van der Waals surface area contributed by atoms with Gasteiger partial charge >= 0.3 is 0 Å². The molecule has 0 aliphatic heterocycles. The standard InChI is InChI=1S/C19H20N2OS2/c1-11-15(19(22)21(2)3)17(14-9-6-10-23-14)16-12-7-4-5-8-13(12)24-18(16)20-11/h6,9-10H,4-5,7-8H2,1-3H3. The van der Waals surface area contributed by atoms with Crippen LogP contribution in [0.15, 0.2) is 17.5 Å². The Bertz CT molecular complexity index is 923. The van der Waals surface area contributed by atoms with Gasteiger partial charge in [0.05, 0.1) is 11.3 Å². The summed E-state index contributed by atoms with van der Waals surface area (Å²) in [5.74, 6) is 0.0426. The van der Waals surface area contributed by atoms with E-state index in [1.807, 2.05) is 32.4 Å². The third-order valence-electron chi connectivity index (χ3n) is 4.67. The summed E-state index contributed by atoms with van der Waals surface area (Å²) in [6.45, 7) is 1.96. The number of rotatable bonds is 2. The first-order valence-electron chi connectivity index (χ1n) is 8.28. The van der Waals surface area contributed by atoms with Crippen molar-refractivity contribution in [2.45, 2.75) is 32.6 Å². The van der Waals surface area contributed by atoms with E-state index >= 15 is 0 Å². The molecule has 5 heteroatoms. The monoisotopic (exact) mass is 356 g/mol. The number of carbonyl (C=O) groups excluding carboxylic acids is 1. The van der Waals surface area contributed by atoms with Gasteiger partial charge in [0, 0.05) is 34.8 Å². The molecule has 0 bridgehead atoms. The predicted molar refractivity (Wildman–Crippen MR) is 102 cm³/mol. The van der Waals surface area contributed by atoms with Crippen LogP contribution in [-0.4, -0.2) is 29.9 Å². The van der Waals surface area contributed by atoms with Gasteiger partial charge in [0.2, 0.25) is 0 Å². The van der Waals surface area contributed by atoms with E-state index in [0.717, 1.165) is 34.5 Å². The Hall–Kier alpha value is -1.72. The maximum Gasteiger partial charge on any atom is 0.255 e. The fourth-order valence-corrected chi connectivity index (χ4v) is 5.65. The van der Waals surface area contributed by atoms with Gasteiger partial charge in [0.1, 0.15) is 4.83 Å². The summed E-state index contributed by atoms with van der Waals surface area (Å²) < 4.78 is 0. The Morgan fingerprint density at radius 2 is 2.04 bits per heavy atom. The number of nitrogens with zero attached hydrogens (tertiary/aromatic N) is 2. The van der Waals surface area contributed by atoms with Crippen molar-refractivity contribution in [3.8, 4) is 10.4 Å². The molecule has 3 heterocycles. The molecule has 1 amide bonds. The summed E-state index contributed by atoms with van der Waals surface area (Å²) >= 11 is 3.53. The number of hydrogen-bond donors (Lipinski definition) is 0. The van der Waals surface area contributed by atoms with Crippen molar-refractivity contribution in [3.63, 3.8) is 0 Å². The lowest BCUT2D eigenvalue weighted by Crippen LogP contribution is -2.24. The summed E-state index contributed by atoms with van der Waals surface area (Å²) in [7, 11) is 3.63. The van der Waals surface area contributed by atoms with Gasteiger partial charge in [-0.05, 0) is 49.6 Å². The topological polar surface area (TPSA) is 33.2 Å². The number of pyridine rings is 1. The molecule has 3 aromatic rings. The average Bonchev–Trinajstić information content (AvgIpc) is 3.20. The second kappa shape index (κ2) is 5.97. The Morgan fingerprint density at radius 1 is 1.25 bits per heavy atom. The van der Waals surface area contributed by atoms with Crippen molar-refractivity contribution < 1.29 is 4.79 Å². The predicted octanol–water partition coefficient (Wildman–Crippen LogP) is 4.91. The second-order valence-electron chi connectivity index (χ2n) is 6.52. The largest absolute Gasteiger partial charge is 0.345 e. The third kappa shape index (κ3) is 2.38. The Labute approximate surface area is 150 Å². The normalized spacial score (nSPS) is 14.0. The number of aryl methyl sites for hydroxylation is 3. The van der Waals surface area contributed by atoms with E-state index < -0.39 is 0 Å². The number of fused-ring (bicyclic) bond motifs is 3. The molecule has 0 unspecified atom stereocenters. The number of amides is 1. The molecule has 124 valence electrons. The van der Waals surface area contributed by atoms with Crippen LogP contribution >= 0.6 is 22.7 Å². The van der Waals surface area contributed by atoms with Crippen LogP contribution in [0.1, 0.15) is 39.3 Å². The molecule has 0 spiro atoms. The maximum atomic E-state index is 12.9. The minimum Gasteiger partial charge on any atom is -0.345 e. The third-order valence-corrected chi connectivity index (χ3v) is 6.74. The van der Waals surface area contributed by atoms with Gasteiger partial charge in [-0.2, -0.15) is 0 Å². The second-order valence-corrected chi connectivity index (χ2v) is 8.55. The maximum absolute atomic E-state index is 12.9. The zero-order valence-corrected chi connectivity index (χ0v) is 15.8. The number of thiophene rings is 2. The molecule has 0 fully saturated rings. The van der Waals surface area contributed by atoms with Gasteiger partial charge in [-0.1, -0.05) is 6.07 Å². The van der Waals surface area contributed by atoms with Crippen LogP contribution in [0.2, 0.25) is 0 Å². The summed E-state index contributed by atoms with van der Waals surface area (Å²) in [6, 6.07) is 4.18. The smallest absolute Gasteiger partial charge is 0.255 e. The molecule has 24 heavy (non-hydrogen) atoms. The van der Waals surface area contributed by atoms with Crippen molar-refractivity contribution in [1.82, 2.24) is 9.88 Å². The zero-order valence-electron chi connectivity index (χ0n) is 14.2. The molecule has 0 atom stereocenters. The summed E-state index contributed by atoms with van der Waals surface area (Å²) in [6.07, 6.45) is 4.74. The van der Waals surface area contributed by atoms with Crippen LogP contribution in [0, 0.1) is 6.92 Å². The average molecular weight is 357 g/mol. The van der Waals surface area contributed by atoms with Crippen LogP contribution in [-0.2, 0) is 12.8 Å². The molecule has 0 saturated heterocycles. The molecule has 3 aromatic heterocycles. The highest BCUT2D eigenvalue weighted by molar-refractivity contribution is 7.19. The van der Waals surface area contributed by atoms with Gasteiger partial charge in [0.15, 0.2) is 0 Å². The first-order chi connectivity index (χ1) is 11.6. The van der Waals surface area contributed by atoms with Crippen molar-refractivity contribution in [2.75, 3.05) is 14.1 Å².